The van der Waals surface area contributed by atoms with Gasteiger partial charge in [0.25, 0.3) is 0 Å². The SMILES string of the molecule is OC(c1cncc(F)c1)c1cccc(C2CC2)c1. The molecule has 2 aromatic rings. The van der Waals surface area contributed by atoms with Crippen LogP contribution in [0.1, 0.15) is 41.6 Å². The quantitative estimate of drug-likeness (QED) is 0.898. The Hall–Kier alpha value is -1.74. The highest BCUT2D eigenvalue weighted by atomic mass is 19.1. The zero-order valence-corrected chi connectivity index (χ0v) is 9.88. The Labute approximate surface area is 105 Å². The molecule has 1 aromatic carbocycles. The largest absolute Gasteiger partial charge is 0.384 e. The standard InChI is InChI=1S/C15H14FNO/c16-14-7-13(8-17-9-14)15(18)12-3-1-2-11(6-12)10-4-5-10/h1-3,6-10,15,18H,4-5H2. The van der Waals surface area contributed by atoms with Crippen molar-refractivity contribution >= 4 is 0 Å². The van der Waals surface area contributed by atoms with Crippen molar-refractivity contribution in [2.24, 2.45) is 0 Å². The summed E-state index contributed by atoms with van der Waals surface area (Å²) in [6, 6.07) is 9.22. The fraction of sp³-hybridized carbons (Fsp3) is 0.267. The highest BCUT2D eigenvalue weighted by Crippen LogP contribution is 2.40. The molecule has 1 heterocycles. The van der Waals surface area contributed by atoms with E-state index >= 15 is 0 Å². The third-order valence-electron chi connectivity index (χ3n) is 3.32. The second-order valence-corrected chi connectivity index (χ2v) is 4.78. The van der Waals surface area contributed by atoms with Gasteiger partial charge in [-0.1, -0.05) is 24.3 Å². The average molecular weight is 243 g/mol. The van der Waals surface area contributed by atoms with E-state index in [9.17, 15) is 9.50 Å². The maximum absolute atomic E-state index is 13.1. The normalized spacial score (nSPS) is 16.6. The van der Waals surface area contributed by atoms with E-state index in [4.69, 9.17) is 0 Å². The molecule has 0 spiro atoms. The Kier molecular flexibility index (Phi) is 2.84. The lowest BCUT2D eigenvalue weighted by atomic mass is 9.99. The lowest BCUT2D eigenvalue weighted by Gasteiger charge is -2.12. The number of aliphatic hydroxyl groups is 1. The maximum Gasteiger partial charge on any atom is 0.141 e. The molecule has 1 unspecified atom stereocenters. The van der Waals surface area contributed by atoms with Gasteiger partial charge in [0.05, 0.1) is 6.20 Å². The van der Waals surface area contributed by atoms with Gasteiger partial charge in [-0.05, 0) is 36.0 Å². The zero-order valence-electron chi connectivity index (χ0n) is 9.88. The molecule has 3 heteroatoms. The molecule has 1 saturated carbocycles. The first-order valence-corrected chi connectivity index (χ1v) is 6.12. The van der Waals surface area contributed by atoms with E-state index in [1.54, 1.807) is 0 Å². The van der Waals surface area contributed by atoms with Gasteiger partial charge in [-0.3, -0.25) is 4.98 Å². The Morgan fingerprint density at radius 2 is 2.00 bits per heavy atom. The first kappa shape index (κ1) is 11.4. The minimum atomic E-state index is -0.813. The van der Waals surface area contributed by atoms with Crippen LogP contribution >= 0.6 is 0 Å². The number of hydrogen-bond donors (Lipinski definition) is 1. The first-order chi connectivity index (χ1) is 8.74. The van der Waals surface area contributed by atoms with Crippen molar-refractivity contribution in [3.63, 3.8) is 0 Å². The molecule has 0 amide bonds. The molecule has 3 rings (SSSR count). The smallest absolute Gasteiger partial charge is 0.141 e. The van der Waals surface area contributed by atoms with Crippen molar-refractivity contribution in [3.05, 3.63) is 65.2 Å². The van der Waals surface area contributed by atoms with Gasteiger partial charge in [0.1, 0.15) is 11.9 Å². The topological polar surface area (TPSA) is 33.1 Å². The lowest BCUT2D eigenvalue weighted by Crippen LogP contribution is -2.01. The molecule has 2 nitrogen and oxygen atoms in total. The molecular formula is C15H14FNO. The summed E-state index contributed by atoms with van der Waals surface area (Å²) in [6.45, 7) is 0. The van der Waals surface area contributed by atoms with Crippen LogP contribution in [0, 0.1) is 5.82 Å². The molecule has 0 radical (unpaired) electrons. The summed E-state index contributed by atoms with van der Waals surface area (Å²) < 4.78 is 13.1. The van der Waals surface area contributed by atoms with Crippen LogP contribution in [0.3, 0.4) is 0 Å². The Morgan fingerprint density at radius 3 is 2.72 bits per heavy atom. The van der Waals surface area contributed by atoms with Gasteiger partial charge in [-0.2, -0.15) is 0 Å². The minimum Gasteiger partial charge on any atom is -0.384 e. The predicted octanol–water partition coefficient (Wildman–Crippen LogP) is 3.18. The molecule has 18 heavy (non-hydrogen) atoms. The second-order valence-electron chi connectivity index (χ2n) is 4.78. The summed E-state index contributed by atoms with van der Waals surface area (Å²) in [4.78, 5) is 3.77. The minimum absolute atomic E-state index is 0.426. The molecule has 1 aromatic heterocycles. The van der Waals surface area contributed by atoms with Crippen LogP contribution in [0.4, 0.5) is 4.39 Å². The van der Waals surface area contributed by atoms with Gasteiger partial charge < -0.3 is 5.11 Å². The summed E-state index contributed by atoms with van der Waals surface area (Å²) >= 11 is 0. The Balaban J connectivity index is 1.91. The van der Waals surface area contributed by atoms with Gasteiger partial charge in [0, 0.05) is 11.8 Å². The number of halogens is 1. The van der Waals surface area contributed by atoms with Crippen LogP contribution in [0.2, 0.25) is 0 Å². The van der Waals surface area contributed by atoms with Crippen LogP contribution in [-0.2, 0) is 0 Å². The molecular weight excluding hydrogens is 229 g/mol. The van der Waals surface area contributed by atoms with E-state index in [1.165, 1.54) is 30.7 Å². The summed E-state index contributed by atoms with van der Waals surface area (Å²) in [7, 11) is 0. The molecule has 1 aliphatic rings. The molecule has 92 valence electrons. The average Bonchev–Trinajstić information content (AvgIpc) is 3.22. The number of nitrogens with zero attached hydrogens (tertiary/aromatic N) is 1. The van der Waals surface area contributed by atoms with Crippen LogP contribution in [0.5, 0.6) is 0 Å². The number of rotatable bonds is 3. The van der Waals surface area contributed by atoms with E-state index in [0.29, 0.717) is 11.5 Å². The van der Waals surface area contributed by atoms with Crippen LogP contribution in [-0.4, -0.2) is 10.1 Å². The molecule has 1 aliphatic carbocycles. The van der Waals surface area contributed by atoms with Crippen LogP contribution < -0.4 is 0 Å². The van der Waals surface area contributed by atoms with Crippen molar-refractivity contribution in [2.45, 2.75) is 24.9 Å². The summed E-state index contributed by atoms with van der Waals surface area (Å²) in [5.41, 5.74) is 2.55. The van der Waals surface area contributed by atoms with Gasteiger partial charge in [-0.25, -0.2) is 4.39 Å². The van der Waals surface area contributed by atoms with E-state index < -0.39 is 11.9 Å². The fourth-order valence-corrected chi connectivity index (χ4v) is 2.17. The summed E-state index contributed by atoms with van der Waals surface area (Å²) in [5, 5.41) is 10.2. The number of pyridine rings is 1. The first-order valence-electron chi connectivity index (χ1n) is 6.12. The van der Waals surface area contributed by atoms with Crippen molar-refractivity contribution in [3.8, 4) is 0 Å². The lowest BCUT2D eigenvalue weighted by molar-refractivity contribution is 0.219. The Bertz CT molecular complexity index is 566. The van der Waals surface area contributed by atoms with E-state index in [0.717, 1.165) is 11.8 Å². The molecule has 1 atom stereocenters. The summed E-state index contributed by atoms with van der Waals surface area (Å²) in [5.74, 6) is 0.215. The summed E-state index contributed by atoms with van der Waals surface area (Å²) in [6.07, 6.45) is 4.27. The number of hydrogen-bond acceptors (Lipinski definition) is 2. The molecule has 0 aliphatic heterocycles. The van der Waals surface area contributed by atoms with Crippen molar-refractivity contribution in [1.82, 2.24) is 4.98 Å². The van der Waals surface area contributed by atoms with E-state index in [-0.39, 0.29) is 0 Å². The van der Waals surface area contributed by atoms with Crippen molar-refractivity contribution < 1.29 is 9.50 Å². The second kappa shape index (κ2) is 4.50. The highest BCUT2D eigenvalue weighted by molar-refractivity contribution is 5.34. The van der Waals surface area contributed by atoms with Gasteiger partial charge >= 0.3 is 0 Å². The van der Waals surface area contributed by atoms with Crippen LogP contribution in [0.15, 0.2) is 42.7 Å². The van der Waals surface area contributed by atoms with E-state index in [1.807, 2.05) is 18.2 Å². The van der Waals surface area contributed by atoms with Crippen molar-refractivity contribution in [1.29, 1.82) is 0 Å². The zero-order chi connectivity index (χ0) is 12.5. The highest BCUT2D eigenvalue weighted by Gasteiger charge is 2.24. The molecule has 1 N–H and O–H groups in total. The fourth-order valence-electron chi connectivity index (χ4n) is 2.17. The monoisotopic (exact) mass is 243 g/mol. The number of benzene rings is 1. The molecule has 0 saturated heterocycles. The van der Waals surface area contributed by atoms with Crippen molar-refractivity contribution in [2.75, 3.05) is 0 Å². The van der Waals surface area contributed by atoms with Gasteiger partial charge in [0.2, 0.25) is 0 Å². The molecule has 1 fully saturated rings. The number of aromatic nitrogens is 1. The third kappa shape index (κ3) is 2.27. The third-order valence-corrected chi connectivity index (χ3v) is 3.32. The maximum atomic E-state index is 13.1. The molecule has 0 bridgehead atoms. The predicted molar refractivity (Wildman–Crippen MR) is 66.7 cm³/mol. The number of aliphatic hydroxyl groups excluding tert-OH is 1. The van der Waals surface area contributed by atoms with Gasteiger partial charge in [-0.15, -0.1) is 0 Å². The Morgan fingerprint density at radius 1 is 1.17 bits per heavy atom. The van der Waals surface area contributed by atoms with E-state index in [2.05, 4.69) is 11.1 Å². The van der Waals surface area contributed by atoms with Crippen LogP contribution in [0.25, 0.3) is 0 Å². The van der Waals surface area contributed by atoms with Gasteiger partial charge in [0.15, 0.2) is 0 Å².